The highest BCUT2D eigenvalue weighted by Crippen LogP contribution is 2.25. The molecule has 5 nitrogen and oxygen atoms in total. The van der Waals surface area contributed by atoms with Crippen LogP contribution in [0.25, 0.3) is 0 Å². The first kappa shape index (κ1) is 19.9. The third kappa shape index (κ3) is 5.84. The molecule has 2 rings (SSSR count). The van der Waals surface area contributed by atoms with Crippen LogP contribution in [0.3, 0.4) is 0 Å². The van der Waals surface area contributed by atoms with Crippen LogP contribution in [-0.4, -0.2) is 28.8 Å². The Balaban J connectivity index is 1.84. The Labute approximate surface area is 155 Å². The van der Waals surface area contributed by atoms with Crippen LogP contribution >= 0.6 is 11.8 Å². The van der Waals surface area contributed by atoms with Crippen LogP contribution in [0, 0.1) is 11.7 Å². The third-order valence-corrected chi connectivity index (χ3v) is 4.75. The predicted molar refractivity (Wildman–Crippen MR) is 98.3 cm³/mol. The molecular weight excluding hydrogens is 357 g/mol. The number of allylic oxidation sites excluding steroid dienone is 3. The minimum absolute atomic E-state index is 0.0432. The molecule has 1 aliphatic heterocycles. The number of nitrogens with one attached hydrogen (secondary N) is 1. The average Bonchev–Trinajstić information content (AvgIpc) is 2.91. The van der Waals surface area contributed by atoms with Crippen molar-refractivity contribution in [3.8, 4) is 0 Å². The quantitative estimate of drug-likeness (QED) is 0.423. The van der Waals surface area contributed by atoms with Crippen molar-refractivity contribution in [2.45, 2.75) is 25.5 Å². The zero-order chi connectivity index (χ0) is 19.1. The molecule has 1 aromatic carbocycles. The van der Waals surface area contributed by atoms with E-state index in [9.17, 15) is 18.8 Å². The summed E-state index contributed by atoms with van der Waals surface area (Å²) in [5.41, 5.74) is 0.256. The highest BCUT2D eigenvalue weighted by molar-refractivity contribution is 8.15. The van der Waals surface area contributed by atoms with Crippen LogP contribution in [0.15, 0.2) is 48.3 Å². The molecule has 0 saturated carbocycles. The first-order chi connectivity index (χ1) is 12.4. The van der Waals surface area contributed by atoms with Crippen molar-refractivity contribution < 1.29 is 23.5 Å². The van der Waals surface area contributed by atoms with E-state index in [1.54, 1.807) is 19.1 Å². The number of thioether (sulfide) groups is 1. The van der Waals surface area contributed by atoms with E-state index in [1.165, 1.54) is 24.3 Å². The number of hydrogen-bond acceptors (Lipinski definition) is 5. The maximum atomic E-state index is 13.2. The lowest BCUT2D eigenvalue weighted by Gasteiger charge is -2.10. The number of imide groups is 1. The predicted octanol–water partition coefficient (Wildman–Crippen LogP) is 3.86. The summed E-state index contributed by atoms with van der Waals surface area (Å²) in [5, 5.41) is 1.56. The summed E-state index contributed by atoms with van der Waals surface area (Å²) in [6, 6.07) is 5.45. The number of ketones is 1. The Hall–Kier alpha value is -2.41. The highest BCUT2D eigenvalue weighted by atomic mass is 32.2. The summed E-state index contributed by atoms with van der Waals surface area (Å²) >= 11 is 1.00. The molecule has 0 radical (unpaired) electrons. The van der Waals surface area contributed by atoms with Gasteiger partial charge in [0.2, 0.25) is 5.91 Å². The molecule has 138 valence electrons. The van der Waals surface area contributed by atoms with Crippen LogP contribution in [0.4, 0.5) is 9.18 Å². The molecule has 1 aliphatic rings. The Morgan fingerprint density at radius 2 is 2.19 bits per heavy atom. The molecule has 0 aromatic heterocycles. The summed E-state index contributed by atoms with van der Waals surface area (Å²) < 4.78 is 18.6. The van der Waals surface area contributed by atoms with E-state index in [2.05, 4.69) is 5.32 Å². The second kappa shape index (κ2) is 9.33. The largest absolute Gasteiger partial charge is 0.486 e. The number of carbonyl (C=O) groups excluding carboxylic acids is 3. The average molecular weight is 377 g/mol. The maximum Gasteiger partial charge on any atom is 0.286 e. The number of hydrogen-bond donors (Lipinski definition) is 1. The zero-order valence-electron chi connectivity index (χ0n) is 14.5. The molecule has 7 heteroatoms. The van der Waals surface area contributed by atoms with Crippen molar-refractivity contribution in [2.75, 3.05) is 6.61 Å². The Morgan fingerprint density at radius 3 is 2.81 bits per heavy atom. The molecule has 2 atom stereocenters. The fourth-order valence-corrected chi connectivity index (χ4v) is 3.33. The van der Waals surface area contributed by atoms with Crippen LogP contribution in [0.1, 0.15) is 30.6 Å². The molecule has 0 bridgehead atoms. The molecule has 0 spiro atoms. The van der Waals surface area contributed by atoms with Crippen LogP contribution in [-0.2, 0) is 9.53 Å². The van der Waals surface area contributed by atoms with Gasteiger partial charge in [-0.3, -0.25) is 19.7 Å². The van der Waals surface area contributed by atoms with Gasteiger partial charge in [0, 0.05) is 5.56 Å². The van der Waals surface area contributed by atoms with Gasteiger partial charge in [-0.1, -0.05) is 36.9 Å². The minimum atomic E-state index is -0.469. The molecule has 1 heterocycles. The van der Waals surface area contributed by atoms with E-state index in [0.29, 0.717) is 12.2 Å². The number of ether oxygens (including phenoxy) is 1. The highest BCUT2D eigenvalue weighted by Gasteiger charge is 2.31. The topological polar surface area (TPSA) is 72.5 Å². The first-order valence-corrected chi connectivity index (χ1v) is 9.04. The number of amides is 2. The molecule has 1 fully saturated rings. The molecular formula is C19H20FNO4S. The Bertz CT molecular complexity index is 760. The summed E-state index contributed by atoms with van der Waals surface area (Å²) in [5.74, 6) is -0.503. The number of rotatable bonds is 8. The van der Waals surface area contributed by atoms with E-state index < -0.39 is 5.82 Å². The van der Waals surface area contributed by atoms with Crippen molar-refractivity contribution in [2.24, 2.45) is 5.92 Å². The first-order valence-electron chi connectivity index (χ1n) is 8.16. The van der Waals surface area contributed by atoms with Gasteiger partial charge in [-0.2, -0.15) is 0 Å². The van der Waals surface area contributed by atoms with Gasteiger partial charge in [0.1, 0.15) is 11.6 Å². The monoisotopic (exact) mass is 377 g/mol. The van der Waals surface area contributed by atoms with Gasteiger partial charge in [-0.15, -0.1) is 0 Å². The summed E-state index contributed by atoms with van der Waals surface area (Å²) in [6.07, 6.45) is 5.82. The lowest BCUT2D eigenvalue weighted by Crippen LogP contribution is -2.25. The van der Waals surface area contributed by atoms with Crippen LogP contribution < -0.4 is 5.32 Å². The van der Waals surface area contributed by atoms with Crippen molar-refractivity contribution >= 4 is 28.7 Å². The molecule has 0 aliphatic carbocycles. The van der Waals surface area contributed by atoms with Crippen molar-refractivity contribution in [3.63, 3.8) is 0 Å². The molecule has 1 aromatic rings. The number of carbonyl (C=O) groups is 3. The second-order valence-electron chi connectivity index (χ2n) is 5.87. The van der Waals surface area contributed by atoms with E-state index in [4.69, 9.17) is 4.74 Å². The maximum absolute atomic E-state index is 13.2. The minimum Gasteiger partial charge on any atom is -0.486 e. The number of halogens is 1. The van der Waals surface area contributed by atoms with E-state index in [0.717, 1.165) is 11.8 Å². The molecule has 1 N–H and O–H groups in total. The fourth-order valence-electron chi connectivity index (χ4n) is 2.35. The molecule has 2 amide bonds. The standard InChI is InChI=1S/C19H20FNO4S/c1-3-15(25-11-16(22)13-5-4-6-14(20)10-13)8-7-12(2)9-17-18(23)21-19(24)26-17/h3-8,10,12,17H,9,11H2,1-2H3,(H,21,23,24)/b8-7-,15-3+. The second-order valence-corrected chi connectivity index (χ2v) is 7.04. The lowest BCUT2D eigenvalue weighted by atomic mass is 10.0. The lowest BCUT2D eigenvalue weighted by molar-refractivity contribution is -0.119. The number of Topliss-reactive ketones (excluding diaryl/α,β-unsaturated/α-hetero) is 1. The van der Waals surface area contributed by atoms with Crippen LogP contribution in [0.2, 0.25) is 0 Å². The normalized spacial score (nSPS) is 18.9. The van der Waals surface area contributed by atoms with E-state index in [-0.39, 0.29) is 40.3 Å². The molecule has 2 unspecified atom stereocenters. The van der Waals surface area contributed by atoms with E-state index >= 15 is 0 Å². The van der Waals surface area contributed by atoms with Crippen molar-refractivity contribution in [1.29, 1.82) is 0 Å². The molecule has 1 saturated heterocycles. The Morgan fingerprint density at radius 1 is 1.42 bits per heavy atom. The smallest absolute Gasteiger partial charge is 0.286 e. The van der Waals surface area contributed by atoms with Gasteiger partial charge in [0.15, 0.2) is 12.4 Å². The fraction of sp³-hybridized carbons (Fsp3) is 0.316. The summed E-state index contributed by atoms with van der Waals surface area (Å²) in [4.78, 5) is 34.8. The zero-order valence-corrected chi connectivity index (χ0v) is 15.3. The van der Waals surface area contributed by atoms with Gasteiger partial charge in [0.05, 0.1) is 5.25 Å². The van der Waals surface area contributed by atoms with Gasteiger partial charge in [-0.25, -0.2) is 4.39 Å². The van der Waals surface area contributed by atoms with Gasteiger partial charge < -0.3 is 4.74 Å². The SMILES string of the molecule is C/C=C(\C=C/C(C)CC1SC(=O)NC1=O)OCC(=O)c1cccc(F)c1. The summed E-state index contributed by atoms with van der Waals surface area (Å²) in [6.45, 7) is 3.51. The Kier molecular flexibility index (Phi) is 7.15. The van der Waals surface area contributed by atoms with Gasteiger partial charge in [-0.05, 0) is 43.5 Å². The van der Waals surface area contributed by atoms with Crippen LogP contribution in [0.5, 0.6) is 0 Å². The van der Waals surface area contributed by atoms with E-state index in [1.807, 2.05) is 13.0 Å². The summed E-state index contributed by atoms with van der Waals surface area (Å²) in [7, 11) is 0. The van der Waals surface area contributed by atoms with Gasteiger partial charge in [0.25, 0.3) is 5.24 Å². The van der Waals surface area contributed by atoms with Gasteiger partial charge >= 0.3 is 0 Å². The van der Waals surface area contributed by atoms with Crippen molar-refractivity contribution in [3.05, 3.63) is 59.6 Å². The third-order valence-electron chi connectivity index (χ3n) is 3.74. The molecule has 26 heavy (non-hydrogen) atoms. The van der Waals surface area contributed by atoms with Crippen molar-refractivity contribution in [1.82, 2.24) is 5.32 Å². The number of benzene rings is 1.